The lowest BCUT2D eigenvalue weighted by Gasteiger charge is -2.04. The smallest absolute Gasteiger partial charge is 0.347 e. The molecule has 0 radical (unpaired) electrons. The summed E-state index contributed by atoms with van der Waals surface area (Å²) in [5.74, 6) is -1.44. The van der Waals surface area contributed by atoms with Crippen LogP contribution in [0.4, 0.5) is 0 Å². The maximum Gasteiger partial charge on any atom is 0.347 e. The van der Waals surface area contributed by atoms with Crippen LogP contribution in [0.2, 0.25) is 0 Å². The van der Waals surface area contributed by atoms with E-state index in [9.17, 15) is 16.0 Å². The van der Waals surface area contributed by atoms with E-state index < -0.39 is 25.8 Å². The van der Waals surface area contributed by atoms with Gasteiger partial charge in [-0.05, 0) is 6.42 Å². The van der Waals surface area contributed by atoms with Gasteiger partial charge in [-0.3, -0.25) is 0 Å². The minimum Gasteiger partial charge on any atom is -0.545 e. The number of carboxylic acids is 1. The Balaban J connectivity index is 2.59. The molecule has 5 nitrogen and oxygen atoms in total. The molecule has 0 aromatic carbocycles. The van der Waals surface area contributed by atoms with E-state index in [0.717, 1.165) is 12.8 Å². The van der Waals surface area contributed by atoms with Gasteiger partial charge in [-0.2, -0.15) is 0 Å². The molecule has 0 unspecified atom stereocenters. The molecule has 112 valence electrons. The van der Waals surface area contributed by atoms with E-state index in [1.54, 1.807) is 10.8 Å². The van der Waals surface area contributed by atoms with E-state index in [1.807, 2.05) is 0 Å². The Morgan fingerprint density at radius 3 is 2.45 bits per heavy atom. The zero-order valence-corrected chi connectivity index (χ0v) is 13.8. The third-order valence-electron chi connectivity index (χ3n) is 3.13. The third-order valence-corrected chi connectivity index (χ3v) is 4.93. The van der Waals surface area contributed by atoms with Crippen molar-refractivity contribution in [1.29, 1.82) is 0 Å². The normalized spacial score (nSPS) is 10.9. The number of aromatic carboxylic acids is 1. The zero-order chi connectivity index (χ0) is 15.0. The van der Waals surface area contributed by atoms with Crippen molar-refractivity contribution in [2.75, 3.05) is 0 Å². The Kier molecular flexibility index (Phi) is 7.64. The Bertz CT molecular complexity index is 518. The first-order valence-corrected chi connectivity index (χ1v) is 9.70. The maximum atomic E-state index is 11.2. The number of carboxylic acid groups (broad SMARTS) is 1. The molecule has 0 atom stereocenters. The summed E-state index contributed by atoms with van der Waals surface area (Å²) in [5.41, 5.74) is -0.237. The van der Waals surface area contributed by atoms with E-state index in [2.05, 4.69) is 6.92 Å². The number of pyridine rings is 1. The monoisotopic (exact) mass is 393 g/mol. The predicted octanol–water partition coefficient (Wildman–Crippen LogP) is 2.07. The van der Waals surface area contributed by atoms with Crippen LogP contribution < -0.4 is 9.67 Å². The summed E-state index contributed by atoms with van der Waals surface area (Å²) in [7, 11) is 0. The third kappa shape index (κ3) is 5.52. The minimum absolute atomic E-state index is 0.0947. The fourth-order valence-corrected chi connectivity index (χ4v) is 3.47. The molecule has 0 spiro atoms. The number of hydrogen-bond donors (Lipinski definition) is 0. The van der Waals surface area contributed by atoms with Crippen LogP contribution in [0.5, 0.6) is 0 Å². The molecule has 0 aliphatic carbocycles. The lowest BCUT2D eigenvalue weighted by molar-refractivity contribution is -0.698. The highest BCUT2D eigenvalue weighted by molar-refractivity contribution is 14.2. The number of hydrogen-bond acceptors (Lipinski definition) is 4. The van der Waals surface area contributed by atoms with Crippen LogP contribution in [-0.4, -0.2) is 5.97 Å². The van der Waals surface area contributed by atoms with Crippen molar-refractivity contribution >= 4 is 25.8 Å². The first-order chi connectivity index (χ1) is 9.56. The summed E-state index contributed by atoms with van der Waals surface area (Å²) in [6, 6.07) is 1.31. The van der Waals surface area contributed by atoms with E-state index in [4.69, 9.17) is 0 Å². The van der Waals surface area contributed by atoms with E-state index >= 15 is 0 Å². The minimum atomic E-state index is -3.82. The molecule has 0 amide bonds. The molecule has 0 saturated carbocycles. The van der Waals surface area contributed by atoms with Gasteiger partial charge in [0.05, 0.1) is 5.97 Å². The summed E-state index contributed by atoms with van der Waals surface area (Å²) in [4.78, 5) is 10.8. The van der Waals surface area contributed by atoms with E-state index in [0.29, 0.717) is 6.54 Å². The quantitative estimate of drug-likeness (QED) is 0.366. The van der Waals surface area contributed by atoms with Crippen LogP contribution in [0.1, 0.15) is 55.8 Å². The van der Waals surface area contributed by atoms with E-state index in [1.165, 1.54) is 37.9 Å². The summed E-state index contributed by atoms with van der Waals surface area (Å²) < 4.78 is 23.9. The topological polar surface area (TPSA) is 78.2 Å². The molecule has 1 heterocycles. The SMILES string of the molecule is CCCCCCCC[n+]1ccc(C(=O)[O-])c(I(=O)=O)c1. The van der Waals surface area contributed by atoms with Gasteiger partial charge in [0.2, 0.25) is 0 Å². The van der Waals surface area contributed by atoms with Gasteiger partial charge >= 0.3 is 19.8 Å². The van der Waals surface area contributed by atoms with Crippen LogP contribution >= 0.6 is 19.8 Å². The maximum absolute atomic E-state index is 11.2. The lowest BCUT2D eigenvalue weighted by Crippen LogP contribution is -2.35. The van der Waals surface area contributed by atoms with Gasteiger partial charge in [-0.1, -0.05) is 32.6 Å². The fourth-order valence-electron chi connectivity index (χ4n) is 2.01. The zero-order valence-electron chi connectivity index (χ0n) is 11.6. The second-order valence-electron chi connectivity index (χ2n) is 4.72. The highest BCUT2D eigenvalue weighted by Crippen LogP contribution is 2.19. The van der Waals surface area contributed by atoms with E-state index in [-0.39, 0.29) is 9.13 Å². The Hall–Kier alpha value is -1.05. The highest BCUT2D eigenvalue weighted by atomic mass is 127. The number of halogens is 1. The van der Waals surface area contributed by atoms with Crippen molar-refractivity contribution in [2.24, 2.45) is 0 Å². The average molecular weight is 393 g/mol. The summed E-state index contributed by atoms with van der Waals surface area (Å²) in [6.07, 6.45) is 9.93. The summed E-state index contributed by atoms with van der Waals surface area (Å²) >= 11 is -3.82. The highest BCUT2D eigenvalue weighted by Gasteiger charge is 2.14. The van der Waals surface area contributed by atoms with Crippen molar-refractivity contribution < 1.29 is 20.6 Å². The number of aromatic nitrogens is 1. The fraction of sp³-hybridized carbons (Fsp3) is 0.571. The predicted molar refractivity (Wildman–Crippen MR) is 78.4 cm³/mol. The van der Waals surface area contributed by atoms with Crippen LogP contribution in [0.25, 0.3) is 0 Å². The molecule has 0 bridgehead atoms. The van der Waals surface area contributed by atoms with Gasteiger partial charge in [0, 0.05) is 18.1 Å². The summed E-state index contributed by atoms with van der Waals surface area (Å²) in [6.45, 7) is 2.87. The molecule has 1 rings (SSSR count). The molecule has 20 heavy (non-hydrogen) atoms. The number of carbonyl (C=O) groups is 1. The first kappa shape index (κ1) is 17.0. The van der Waals surface area contributed by atoms with Crippen LogP contribution in [-0.2, 0) is 12.7 Å². The number of rotatable bonds is 9. The number of nitrogens with zero attached hydrogens (tertiary/aromatic N) is 1. The molecule has 0 N–H and O–H groups in total. The standard InChI is InChI=1S/C14H20INO4/c1-2-3-4-5-6-7-9-16-10-8-12(14(17)18)13(11-16)15(19)20/h8,10-11H,2-7,9H2,1H3. The van der Waals surface area contributed by atoms with Gasteiger partial charge in [0.15, 0.2) is 12.4 Å². The Morgan fingerprint density at radius 2 is 1.85 bits per heavy atom. The van der Waals surface area contributed by atoms with Crippen molar-refractivity contribution in [3.63, 3.8) is 0 Å². The molecular formula is C14H20INO4. The van der Waals surface area contributed by atoms with Crippen molar-refractivity contribution in [2.45, 2.75) is 52.0 Å². The molecule has 0 saturated heterocycles. The number of carbonyl (C=O) groups excluding carboxylic acids is 1. The molecule has 0 aliphatic heterocycles. The average Bonchev–Trinajstić information content (AvgIpc) is 2.42. The molecule has 1 aromatic heterocycles. The molecule has 1 aromatic rings. The van der Waals surface area contributed by atoms with Crippen LogP contribution in [0.15, 0.2) is 18.5 Å². The van der Waals surface area contributed by atoms with Gasteiger partial charge in [0.1, 0.15) is 10.1 Å². The van der Waals surface area contributed by atoms with Crippen LogP contribution in [0.3, 0.4) is 0 Å². The number of aryl methyl sites for hydroxylation is 1. The lowest BCUT2D eigenvalue weighted by atomic mass is 10.1. The second-order valence-corrected chi connectivity index (χ2v) is 7.12. The second kappa shape index (κ2) is 8.99. The van der Waals surface area contributed by atoms with Crippen molar-refractivity contribution in [3.05, 3.63) is 27.6 Å². The molecule has 0 fully saturated rings. The van der Waals surface area contributed by atoms with Crippen molar-refractivity contribution in [1.82, 2.24) is 0 Å². The molecular weight excluding hydrogens is 373 g/mol. The molecule has 6 heteroatoms. The van der Waals surface area contributed by atoms with Gasteiger partial charge in [-0.15, -0.1) is 0 Å². The Labute approximate surface area is 126 Å². The summed E-state index contributed by atoms with van der Waals surface area (Å²) in [5, 5.41) is 10.8. The van der Waals surface area contributed by atoms with Crippen molar-refractivity contribution in [3.8, 4) is 0 Å². The Morgan fingerprint density at radius 1 is 1.20 bits per heavy atom. The van der Waals surface area contributed by atoms with Gasteiger partial charge < -0.3 is 9.90 Å². The van der Waals surface area contributed by atoms with Crippen LogP contribution in [0, 0.1) is 3.57 Å². The first-order valence-electron chi connectivity index (χ1n) is 6.86. The molecule has 0 aliphatic rings. The number of unbranched alkanes of at least 4 members (excludes halogenated alkanes) is 5. The van der Waals surface area contributed by atoms with Gasteiger partial charge in [0.25, 0.3) is 0 Å². The largest absolute Gasteiger partial charge is 0.545 e. The van der Waals surface area contributed by atoms with Gasteiger partial charge in [-0.25, -0.2) is 10.7 Å².